The summed E-state index contributed by atoms with van der Waals surface area (Å²) in [5.74, 6) is 0.439. The van der Waals surface area contributed by atoms with Gasteiger partial charge in [0.25, 0.3) is 5.56 Å². The predicted octanol–water partition coefficient (Wildman–Crippen LogP) is 1.56. The number of H-pyrrole nitrogens is 1. The van der Waals surface area contributed by atoms with Crippen LogP contribution in [0.25, 0.3) is 11.3 Å². The first kappa shape index (κ1) is 17.1. The molecule has 0 saturated heterocycles. The highest BCUT2D eigenvalue weighted by Gasteiger charge is 2.14. The molecule has 8 heteroatoms. The molecule has 3 aromatic rings. The number of hydrogen-bond acceptors (Lipinski definition) is 4. The average Bonchev–Trinajstić information content (AvgIpc) is 2.98. The minimum Gasteiger partial charge on any atom is -0.351 e. The van der Waals surface area contributed by atoms with Crippen molar-refractivity contribution in [2.45, 2.75) is 18.4 Å². The van der Waals surface area contributed by atoms with Crippen LogP contribution >= 0.6 is 0 Å². The van der Waals surface area contributed by atoms with Crippen LogP contribution in [0.3, 0.4) is 0 Å². The van der Waals surface area contributed by atoms with E-state index in [1.54, 1.807) is 31.2 Å². The third kappa shape index (κ3) is 3.86. The summed E-state index contributed by atoms with van der Waals surface area (Å²) in [6.07, 6.45) is 1.93. The maximum absolute atomic E-state index is 12.4. The molecule has 1 aromatic carbocycles. The zero-order valence-corrected chi connectivity index (χ0v) is 14.7. The Bertz CT molecular complexity index is 1050. The first-order chi connectivity index (χ1) is 11.8. The number of aromatic amines is 1. The van der Waals surface area contributed by atoms with E-state index in [1.165, 1.54) is 6.07 Å². The summed E-state index contributed by atoms with van der Waals surface area (Å²) < 4.78 is 29.2. The van der Waals surface area contributed by atoms with Gasteiger partial charge in [-0.05, 0) is 36.8 Å². The lowest BCUT2D eigenvalue weighted by atomic mass is 10.1. The van der Waals surface area contributed by atoms with Crippen LogP contribution in [0.1, 0.15) is 11.5 Å². The van der Waals surface area contributed by atoms with Gasteiger partial charge in [-0.25, -0.2) is 18.1 Å². The monoisotopic (exact) mass is 358 g/mol. The van der Waals surface area contributed by atoms with E-state index in [9.17, 15) is 13.2 Å². The molecule has 0 aliphatic heterocycles. The molecule has 0 amide bonds. The summed E-state index contributed by atoms with van der Waals surface area (Å²) in [5, 5.41) is 0. The minimum atomic E-state index is -3.69. The topological polar surface area (TPSA) is 96.8 Å². The van der Waals surface area contributed by atoms with Crippen molar-refractivity contribution in [1.82, 2.24) is 19.3 Å². The molecular weight excluding hydrogens is 340 g/mol. The molecule has 0 aliphatic carbocycles. The standard InChI is InChI=1S/C17H18N4O3S/c1-12-19-14(10-17(22)20-12)11-18-25(23,24)15-7-5-13(6-8-15)16-4-3-9-21(16)2/h3-10,18H,11H2,1-2H3,(H,19,20,22). The highest BCUT2D eigenvalue weighted by molar-refractivity contribution is 7.89. The largest absolute Gasteiger partial charge is 0.351 e. The zero-order chi connectivity index (χ0) is 18.0. The maximum atomic E-state index is 12.4. The van der Waals surface area contributed by atoms with Crippen molar-refractivity contribution in [3.63, 3.8) is 0 Å². The van der Waals surface area contributed by atoms with Crippen molar-refractivity contribution in [2.75, 3.05) is 0 Å². The zero-order valence-electron chi connectivity index (χ0n) is 13.9. The number of hydrogen-bond donors (Lipinski definition) is 2. The van der Waals surface area contributed by atoms with Crippen LogP contribution in [0.4, 0.5) is 0 Å². The van der Waals surface area contributed by atoms with Gasteiger partial charge in [0.1, 0.15) is 5.82 Å². The second-order valence-corrected chi connectivity index (χ2v) is 7.44. The van der Waals surface area contributed by atoms with Crippen LogP contribution in [-0.4, -0.2) is 23.0 Å². The van der Waals surface area contributed by atoms with Gasteiger partial charge >= 0.3 is 0 Å². The van der Waals surface area contributed by atoms with Gasteiger partial charge in [-0.1, -0.05) is 12.1 Å². The number of aryl methyl sites for hydroxylation is 2. The third-order valence-corrected chi connectivity index (χ3v) is 5.18. The second-order valence-electron chi connectivity index (χ2n) is 5.68. The van der Waals surface area contributed by atoms with Crippen molar-refractivity contribution in [2.24, 2.45) is 7.05 Å². The minimum absolute atomic E-state index is 0.0490. The van der Waals surface area contributed by atoms with E-state index >= 15 is 0 Å². The Morgan fingerprint density at radius 2 is 1.92 bits per heavy atom. The molecule has 0 bridgehead atoms. The number of nitrogens with zero attached hydrogens (tertiary/aromatic N) is 2. The Morgan fingerprint density at radius 3 is 2.52 bits per heavy atom. The molecule has 0 aliphatic rings. The van der Waals surface area contributed by atoms with E-state index in [-0.39, 0.29) is 17.0 Å². The van der Waals surface area contributed by atoms with Gasteiger partial charge in [0.2, 0.25) is 10.0 Å². The normalized spacial score (nSPS) is 11.6. The molecule has 2 aromatic heterocycles. The van der Waals surface area contributed by atoms with Gasteiger partial charge in [0.15, 0.2) is 0 Å². The summed E-state index contributed by atoms with van der Waals surface area (Å²) in [6.45, 7) is 1.59. The van der Waals surface area contributed by atoms with Crippen molar-refractivity contribution in [3.05, 3.63) is 70.5 Å². The van der Waals surface area contributed by atoms with Crippen molar-refractivity contribution >= 4 is 10.0 Å². The molecule has 0 atom stereocenters. The van der Waals surface area contributed by atoms with E-state index in [2.05, 4.69) is 14.7 Å². The van der Waals surface area contributed by atoms with Crippen LogP contribution < -0.4 is 10.3 Å². The van der Waals surface area contributed by atoms with Crippen LogP contribution in [0.2, 0.25) is 0 Å². The van der Waals surface area contributed by atoms with E-state index in [0.29, 0.717) is 11.5 Å². The fraction of sp³-hybridized carbons (Fsp3) is 0.176. The Morgan fingerprint density at radius 1 is 1.20 bits per heavy atom. The van der Waals surface area contributed by atoms with Crippen LogP contribution in [0.5, 0.6) is 0 Å². The summed E-state index contributed by atoms with van der Waals surface area (Å²) in [4.78, 5) is 18.2. The molecule has 0 radical (unpaired) electrons. The van der Waals surface area contributed by atoms with Crippen LogP contribution in [-0.2, 0) is 23.6 Å². The van der Waals surface area contributed by atoms with Crippen molar-refractivity contribution in [3.8, 4) is 11.3 Å². The average molecular weight is 358 g/mol. The highest BCUT2D eigenvalue weighted by atomic mass is 32.2. The maximum Gasteiger partial charge on any atom is 0.251 e. The van der Waals surface area contributed by atoms with E-state index in [4.69, 9.17) is 0 Å². The van der Waals surface area contributed by atoms with E-state index in [0.717, 1.165) is 11.3 Å². The Balaban J connectivity index is 1.78. The van der Waals surface area contributed by atoms with Gasteiger partial charge in [0, 0.05) is 25.0 Å². The molecule has 7 nitrogen and oxygen atoms in total. The third-order valence-electron chi connectivity index (χ3n) is 3.76. The lowest BCUT2D eigenvalue weighted by Crippen LogP contribution is -2.25. The number of aromatic nitrogens is 3. The molecule has 0 unspecified atom stereocenters. The molecule has 3 rings (SSSR count). The first-order valence-corrected chi connectivity index (χ1v) is 9.12. The molecule has 25 heavy (non-hydrogen) atoms. The van der Waals surface area contributed by atoms with Gasteiger partial charge in [-0.3, -0.25) is 4.79 Å². The smallest absolute Gasteiger partial charge is 0.251 e. The van der Waals surface area contributed by atoms with Gasteiger partial charge in [-0.15, -0.1) is 0 Å². The van der Waals surface area contributed by atoms with Crippen molar-refractivity contribution in [1.29, 1.82) is 0 Å². The van der Waals surface area contributed by atoms with Crippen LogP contribution in [0, 0.1) is 6.92 Å². The lowest BCUT2D eigenvalue weighted by Gasteiger charge is -2.08. The molecule has 0 spiro atoms. The second kappa shape index (κ2) is 6.66. The highest BCUT2D eigenvalue weighted by Crippen LogP contribution is 2.21. The summed E-state index contributed by atoms with van der Waals surface area (Å²) in [7, 11) is -1.76. The SMILES string of the molecule is Cc1nc(CNS(=O)(=O)c2ccc(-c3cccn3C)cc2)cc(=O)[nH]1. The summed E-state index contributed by atoms with van der Waals surface area (Å²) >= 11 is 0. The summed E-state index contributed by atoms with van der Waals surface area (Å²) in [5.41, 5.74) is 1.98. The Kier molecular flexibility index (Phi) is 4.56. The Hall–Kier alpha value is -2.71. The fourth-order valence-electron chi connectivity index (χ4n) is 2.55. The van der Waals surface area contributed by atoms with E-state index in [1.807, 2.05) is 29.9 Å². The summed E-state index contributed by atoms with van der Waals surface area (Å²) in [6, 6.07) is 11.8. The van der Waals surface area contributed by atoms with Gasteiger partial charge in [-0.2, -0.15) is 0 Å². The van der Waals surface area contributed by atoms with Gasteiger partial charge < -0.3 is 9.55 Å². The molecule has 130 valence electrons. The van der Waals surface area contributed by atoms with Crippen molar-refractivity contribution < 1.29 is 8.42 Å². The Labute approximate surface area is 145 Å². The number of rotatable bonds is 5. The molecule has 2 heterocycles. The molecule has 0 fully saturated rings. The predicted molar refractivity (Wildman–Crippen MR) is 94.5 cm³/mol. The number of benzene rings is 1. The molecule has 2 N–H and O–H groups in total. The molecule has 0 saturated carbocycles. The van der Waals surface area contributed by atoms with E-state index < -0.39 is 10.0 Å². The van der Waals surface area contributed by atoms with Crippen LogP contribution in [0.15, 0.2) is 58.4 Å². The number of nitrogens with one attached hydrogen (secondary N) is 2. The number of sulfonamides is 1. The fourth-order valence-corrected chi connectivity index (χ4v) is 3.55. The van der Waals surface area contributed by atoms with Gasteiger partial charge in [0.05, 0.1) is 17.1 Å². The lowest BCUT2D eigenvalue weighted by molar-refractivity contribution is 0.580. The first-order valence-electron chi connectivity index (χ1n) is 7.63. The molecular formula is C17H18N4O3S. The quantitative estimate of drug-likeness (QED) is 0.723.